The fourth-order valence-corrected chi connectivity index (χ4v) is 2.46. The van der Waals surface area contributed by atoms with Crippen molar-refractivity contribution in [3.63, 3.8) is 0 Å². The topological polar surface area (TPSA) is 52.1 Å². The van der Waals surface area contributed by atoms with Crippen LogP contribution in [-0.2, 0) is 10.8 Å². The molecule has 0 amide bonds. The van der Waals surface area contributed by atoms with Crippen LogP contribution in [0, 0.1) is 0 Å². The van der Waals surface area contributed by atoms with Gasteiger partial charge in [-0.2, -0.15) is 0 Å². The Labute approximate surface area is 142 Å². The molecule has 0 fully saturated rings. The number of nitrogens with zero attached hydrogens (tertiary/aromatic N) is 2. The average Bonchev–Trinajstić information content (AvgIpc) is 3.16. The minimum atomic E-state index is 0.0415. The number of rotatable bonds is 2. The highest BCUT2D eigenvalue weighted by Crippen LogP contribution is 2.34. The summed E-state index contributed by atoms with van der Waals surface area (Å²) in [6.45, 7) is 13.3. The Morgan fingerprint density at radius 3 is 1.88 bits per heavy atom. The highest BCUT2D eigenvalue weighted by molar-refractivity contribution is 5.59. The van der Waals surface area contributed by atoms with Crippen LogP contribution in [0.25, 0.3) is 23.1 Å². The molecule has 0 aliphatic carbocycles. The molecule has 4 heteroatoms. The fraction of sp³-hybridized carbons (Fsp3) is 0.400. The van der Waals surface area contributed by atoms with Crippen molar-refractivity contribution >= 4 is 0 Å². The summed E-state index contributed by atoms with van der Waals surface area (Å²) >= 11 is 0. The third-order valence-corrected chi connectivity index (χ3v) is 4.07. The summed E-state index contributed by atoms with van der Waals surface area (Å²) in [6.07, 6.45) is 1.59. The monoisotopic (exact) mass is 324 g/mol. The van der Waals surface area contributed by atoms with E-state index in [0.29, 0.717) is 17.5 Å². The number of benzene rings is 1. The lowest BCUT2D eigenvalue weighted by atomic mass is 9.79. The molecule has 3 aromatic rings. The lowest BCUT2D eigenvalue weighted by Crippen LogP contribution is -2.16. The Hall–Kier alpha value is -2.36. The van der Waals surface area contributed by atoms with E-state index in [0.717, 1.165) is 5.56 Å². The first kappa shape index (κ1) is 16.5. The van der Waals surface area contributed by atoms with Crippen molar-refractivity contribution in [3.05, 3.63) is 47.7 Å². The van der Waals surface area contributed by atoms with Gasteiger partial charge in [-0.1, -0.05) is 47.6 Å². The number of hydrogen-bond acceptors (Lipinski definition) is 4. The first-order chi connectivity index (χ1) is 11.1. The number of furan rings is 1. The summed E-state index contributed by atoms with van der Waals surface area (Å²) in [5.41, 5.74) is 3.53. The lowest BCUT2D eigenvalue weighted by molar-refractivity contribution is 0.522. The van der Waals surface area contributed by atoms with Gasteiger partial charge in [0.2, 0.25) is 5.89 Å². The third kappa shape index (κ3) is 3.28. The zero-order valence-electron chi connectivity index (χ0n) is 15.2. The van der Waals surface area contributed by atoms with E-state index < -0.39 is 0 Å². The lowest BCUT2D eigenvalue weighted by Gasteiger charge is -2.25. The van der Waals surface area contributed by atoms with Crippen LogP contribution in [0.2, 0.25) is 0 Å². The molecular formula is C20H24N2O2. The molecule has 3 rings (SSSR count). The zero-order chi connectivity index (χ0) is 17.5. The SMILES string of the molecule is CC(C)(C)c1cc(-c2nnc(-c3ccco3)o2)cc(C(C)(C)C)c1. The highest BCUT2D eigenvalue weighted by atomic mass is 16.4. The van der Waals surface area contributed by atoms with E-state index in [1.807, 2.05) is 6.07 Å². The van der Waals surface area contributed by atoms with Gasteiger partial charge in [0, 0.05) is 5.56 Å². The van der Waals surface area contributed by atoms with Gasteiger partial charge in [-0.3, -0.25) is 0 Å². The van der Waals surface area contributed by atoms with Gasteiger partial charge in [0.05, 0.1) is 6.26 Å². The Kier molecular flexibility index (Phi) is 3.86. The van der Waals surface area contributed by atoms with E-state index in [9.17, 15) is 0 Å². The molecule has 0 aliphatic rings. The molecule has 1 aromatic carbocycles. The van der Waals surface area contributed by atoms with Crippen LogP contribution in [0.1, 0.15) is 52.7 Å². The van der Waals surface area contributed by atoms with Gasteiger partial charge in [0.1, 0.15) is 0 Å². The average molecular weight is 324 g/mol. The largest absolute Gasteiger partial charge is 0.459 e. The van der Waals surface area contributed by atoms with Crippen LogP contribution in [0.3, 0.4) is 0 Å². The van der Waals surface area contributed by atoms with E-state index >= 15 is 0 Å². The standard InChI is InChI=1S/C20H24N2O2/c1-19(2,3)14-10-13(11-15(12-14)20(4,5)6)17-21-22-18(24-17)16-8-7-9-23-16/h7-12H,1-6H3. The van der Waals surface area contributed by atoms with Gasteiger partial charge in [0.15, 0.2) is 5.76 Å². The van der Waals surface area contributed by atoms with E-state index in [-0.39, 0.29) is 10.8 Å². The molecule has 0 atom stereocenters. The third-order valence-electron chi connectivity index (χ3n) is 4.07. The van der Waals surface area contributed by atoms with E-state index in [2.05, 4.69) is 69.9 Å². The van der Waals surface area contributed by atoms with Crippen LogP contribution < -0.4 is 0 Å². The van der Waals surface area contributed by atoms with Crippen LogP contribution in [0.4, 0.5) is 0 Å². The molecule has 24 heavy (non-hydrogen) atoms. The van der Waals surface area contributed by atoms with E-state index in [4.69, 9.17) is 8.83 Å². The van der Waals surface area contributed by atoms with Crippen LogP contribution in [-0.4, -0.2) is 10.2 Å². The van der Waals surface area contributed by atoms with Crippen molar-refractivity contribution in [2.45, 2.75) is 52.4 Å². The Balaban J connectivity index is 2.10. The Morgan fingerprint density at radius 2 is 1.38 bits per heavy atom. The molecule has 126 valence electrons. The molecule has 0 radical (unpaired) electrons. The first-order valence-electron chi connectivity index (χ1n) is 8.18. The fourth-order valence-electron chi connectivity index (χ4n) is 2.46. The molecule has 0 aliphatic heterocycles. The molecule has 0 saturated heterocycles. The van der Waals surface area contributed by atoms with Crippen molar-refractivity contribution in [1.29, 1.82) is 0 Å². The molecule has 0 unspecified atom stereocenters. The summed E-state index contributed by atoms with van der Waals surface area (Å²) in [4.78, 5) is 0. The summed E-state index contributed by atoms with van der Waals surface area (Å²) in [6, 6.07) is 10.2. The second-order valence-corrected chi connectivity index (χ2v) is 8.19. The molecule has 0 bridgehead atoms. The quantitative estimate of drug-likeness (QED) is 0.616. The minimum absolute atomic E-state index is 0.0415. The van der Waals surface area contributed by atoms with Crippen molar-refractivity contribution in [3.8, 4) is 23.1 Å². The Morgan fingerprint density at radius 1 is 0.792 bits per heavy atom. The van der Waals surface area contributed by atoms with Crippen LogP contribution >= 0.6 is 0 Å². The van der Waals surface area contributed by atoms with Gasteiger partial charge in [-0.15, -0.1) is 10.2 Å². The maximum atomic E-state index is 5.83. The predicted octanol–water partition coefficient (Wildman–Crippen LogP) is 5.59. The molecule has 2 aromatic heterocycles. The van der Waals surface area contributed by atoms with E-state index in [1.54, 1.807) is 12.3 Å². The molecule has 2 heterocycles. The maximum Gasteiger partial charge on any atom is 0.283 e. The summed E-state index contributed by atoms with van der Waals surface area (Å²) < 4.78 is 11.2. The maximum absolute atomic E-state index is 5.83. The van der Waals surface area contributed by atoms with Gasteiger partial charge < -0.3 is 8.83 Å². The van der Waals surface area contributed by atoms with Gasteiger partial charge in [-0.05, 0) is 46.2 Å². The summed E-state index contributed by atoms with van der Waals surface area (Å²) in [5, 5.41) is 8.32. The van der Waals surface area contributed by atoms with E-state index in [1.165, 1.54) is 11.1 Å². The highest BCUT2D eigenvalue weighted by Gasteiger charge is 2.22. The number of hydrogen-bond donors (Lipinski definition) is 0. The van der Waals surface area contributed by atoms with Gasteiger partial charge in [0.25, 0.3) is 5.89 Å². The van der Waals surface area contributed by atoms with Crippen molar-refractivity contribution < 1.29 is 8.83 Å². The second-order valence-electron chi connectivity index (χ2n) is 8.19. The van der Waals surface area contributed by atoms with Gasteiger partial charge in [-0.25, -0.2) is 0 Å². The summed E-state index contributed by atoms with van der Waals surface area (Å²) in [7, 11) is 0. The number of aromatic nitrogens is 2. The van der Waals surface area contributed by atoms with Crippen molar-refractivity contribution in [2.75, 3.05) is 0 Å². The van der Waals surface area contributed by atoms with Crippen LogP contribution in [0.5, 0.6) is 0 Å². The molecule has 0 N–H and O–H groups in total. The molecular weight excluding hydrogens is 300 g/mol. The molecule has 0 saturated carbocycles. The van der Waals surface area contributed by atoms with Crippen LogP contribution in [0.15, 0.2) is 45.4 Å². The van der Waals surface area contributed by atoms with Crippen molar-refractivity contribution in [2.24, 2.45) is 0 Å². The zero-order valence-corrected chi connectivity index (χ0v) is 15.2. The minimum Gasteiger partial charge on any atom is -0.459 e. The van der Waals surface area contributed by atoms with Gasteiger partial charge >= 0.3 is 0 Å². The molecule has 0 spiro atoms. The summed E-state index contributed by atoms with van der Waals surface area (Å²) in [5.74, 6) is 1.49. The second kappa shape index (κ2) is 5.62. The Bertz CT molecular complexity index is 799. The molecule has 4 nitrogen and oxygen atoms in total. The first-order valence-corrected chi connectivity index (χ1v) is 8.18. The normalized spacial score (nSPS) is 12.6. The van der Waals surface area contributed by atoms with Crippen molar-refractivity contribution in [1.82, 2.24) is 10.2 Å². The smallest absolute Gasteiger partial charge is 0.283 e. The predicted molar refractivity (Wildman–Crippen MR) is 94.8 cm³/mol.